The van der Waals surface area contributed by atoms with E-state index < -0.39 is 5.41 Å². The lowest BCUT2D eigenvalue weighted by Gasteiger charge is -2.35. The molecule has 1 heterocycles. The molecule has 182 valence electrons. The maximum Gasteiger partial charge on any atom is 0.312 e. The molecule has 2 fully saturated rings. The van der Waals surface area contributed by atoms with Gasteiger partial charge in [0, 0.05) is 26.2 Å². The molecule has 1 aliphatic heterocycles. The first-order chi connectivity index (χ1) is 16.6. The van der Waals surface area contributed by atoms with Gasteiger partial charge in [-0.25, -0.2) is 0 Å². The number of ether oxygens (including phenoxy) is 2. The zero-order valence-electron chi connectivity index (χ0n) is 20.0. The fourth-order valence-electron chi connectivity index (χ4n) is 5.08. The Bertz CT molecular complexity index is 934. The molecule has 2 aliphatic rings. The highest BCUT2D eigenvalue weighted by Gasteiger charge is 2.41. The summed E-state index contributed by atoms with van der Waals surface area (Å²) in [4.78, 5) is 28.1. The molecule has 0 spiro atoms. The van der Waals surface area contributed by atoms with E-state index in [-0.39, 0.29) is 18.5 Å². The van der Waals surface area contributed by atoms with E-state index >= 15 is 0 Å². The Morgan fingerprint density at radius 1 is 0.912 bits per heavy atom. The van der Waals surface area contributed by atoms with Gasteiger partial charge < -0.3 is 14.8 Å². The Morgan fingerprint density at radius 3 is 2.32 bits per heavy atom. The van der Waals surface area contributed by atoms with Crippen LogP contribution < -0.4 is 5.32 Å². The molecule has 34 heavy (non-hydrogen) atoms. The first-order valence-corrected chi connectivity index (χ1v) is 12.5. The summed E-state index contributed by atoms with van der Waals surface area (Å²) in [6, 6.07) is 18.3. The average molecular weight is 465 g/mol. The monoisotopic (exact) mass is 464 g/mol. The molecule has 1 amide bonds. The highest BCUT2D eigenvalue weighted by atomic mass is 16.5. The molecule has 6 heteroatoms. The number of rotatable bonds is 9. The molecule has 4 rings (SSSR count). The molecular formula is C28H36N2O4. The van der Waals surface area contributed by atoms with Crippen LogP contribution in [0.1, 0.15) is 48.8 Å². The number of carbonyl (C=O) groups is 2. The number of esters is 1. The van der Waals surface area contributed by atoms with Crippen LogP contribution in [-0.4, -0.2) is 49.7 Å². The van der Waals surface area contributed by atoms with Crippen LogP contribution >= 0.6 is 0 Å². The number of nitrogens with zero attached hydrogens (tertiary/aromatic N) is 1. The van der Waals surface area contributed by atoms with E-state index in [1.165, 1.54) is 5.56 Å². The molecule has 6 nitrogen and oxygen atoms in total. The number of hydrogen-bond donors (Lipinski definition) is 1. The Hall–Kier alpha value is -2.70. The summed E-state index contributed by atoms with van der Waals surface area (Å²) in [7, 11) is 0. The first-order valence-electron chi connectivity index (χ1n) is 12.5. The number of nitrogens with one attached hydrogen (secondary N) is 1. The summed E-state index contributed by atoms with van der Waals surface area (Å²) in [6.07, 6.45) is 5.49. The number of hydrogen-bond acceptors (Lipinski definition) is 5. The second-order valence-corrected chi connectivity index (χ2v) is 9.51. The Labute approximate surface area is 202 Å². The predicted octanol–water partition coefficient (Wildman–Crippen LogP) is 3.87. The first kappa shape index (κ1) is 24.4. The fourth-order valence-corrected chi connectivity index (χ4v) is 5.08. The van der Waals surface area contributed by atoms with Gasteiger partial charge in [-0.1, -0.05) is 73.9 Å². The van der Waals surface area contributed by atoms with Crippen molar-refractivity contribution in [2.75, 3.05) is 32.9 Å². The van der Waals surface area contributed by atoms with Crippen LogP contribution in [-0.2, 0) is 38.6 Å². The highest BCUT2D eigenvalue weighted by Crippen LogP contribution is 2.40. The molecule has 1 aliphatic carbocycles. The third-order valence-electron chi connectivity index (χ3n) is 7.06. The predicted molar refractivity (Wildman–Crippen MR) is 131 cm³/mol. The minimum Gasteiger partial charge on any atom is -0.455 e. The SMILES string of the molecule is O=C(COC(=O)C1(Cc2ccccc2)CCCCC1)NCc1ccccc1CN1CCOCC1. The summed E-state index contributed by atoms with van der Waals surface area (Å²) >= 11 is 0. The number of carbonyl (C=O) groups excluding carboxylic acids is 2. The summed E-state index contributed by atoms with van der Waals surface area (Å²) in [5, 5.41) is 2.94. The minimum absolute atomic E-state index is 0.235. The largest absolute Gasteiger partial charge is 0.455 e. The van der Waals surface area contributed by atoms with Crippen LogP contribution in [0.3, 0.4) is 0 Å². The standard InChI is InChI=1S/C28H36N2O4/c31-26(29-20-24-11-5-6-12-25(24)21-30-15-17-33-18-16-30)22-34-27(32)28(13-7-2-8-14-28)19-23-9-3-1-4-10-23/h1,3-6,9-12H,2,7-8,13-22H2,(H,29,31). The lowest BCUT2D eigenvalue weighted by Crippen LogP contribution is -2.39. The van der Waals surface area contributed by atoms with Crippen molar-refractivity contribution in [2.45, 2.75) is 51.6 Å². The third-order valence-corrected chi connectivity index (χ3v) is 7.06. The quantitative estimate of drug-likeness (QED) is 0.571. The molecule has 2 aromatic rings. The van der Waals surface area contributed by atoms with Gasteiger partial charge in [0.1, 0.15) is 0 Å². The van der Waals surface area contributed by atoms with E-state index in [1.807, 2.05) is 36.4 Å². The maximum absolute atomic E-state index is 13.2. The molecule has 2 aromatic carbocycles. The van der Waals surface area contributed by atoms with E-state index in [1.54, 1.807) is 0 Å². The molecular weight excluding hydrogens is 428 g/mol. The van der Waals surface area contributed by atoms with Crippen molar-refractivity contribution in [1.29, 1.82) is 0 Å². The third kappa shape index (κ3) is 6.67. The number of benzene rings is 2. The second-order valence-electron chi connectivity index (χ2n) is 9.51. The average Bonchev–Trinajstić information content (AvgIpc) is 2.88. The van der Waals surface area contributed by atoms with E-state index in [0.717, 1.165) is 76.1 Å². The van der Waals surface area contributed by atoms with Crippen molar-refractivity contribution >= 4 is 11.9 Å². The van der Waals surface area contributed by atoms with Crippen molar-refractivity contribution in [2.24, 2.45) is 5.41 Å². The van der Waals surface area contributed by atoms with Crippen LogP contribution in [0.4, 0.5) is 0 Å². The summed E-state index contributed by atoms with van der Waals surface area (Å²) in [5.41, 5.74) is 2.90. The van der Waals surface area contributed by atoms with Crippen molar-refractivity contribution in [3.8, 4) is 0 Å². The minimum atomic E-state index is -0.523. The molecule has 1 saturated heterocycles. The molecule has 0 atom stereocenters. The zero-order valence-corrected chi connectivity index (χ0v) is 20.0. The van der Waals surface area contributed by atoms with Crippen LogP contribution in [0.2, 0.25) is 0 Å². The van der Waals surface area contributed by atoms with E-state index in [9.17, 15) is 9.59 Å². The lowest BCUT2D eigenvalue weighted by atomic mass is 9.70. The molecule has 0 unspecified atom stereocenters. The highest BCUT2D eigenvalue weighted by molar-refractivity contribution is 5.83. The molecule has 0 radical (unpaired) electrons. The van der Waals surface area contributed by atoms with Crippen LogP contribution in [0.5, 0.6) is 0 Å². The Morgan fingerprint density at radius 2 is 1.59 bits per heavy atom. The van der Waals surface area contributed by atoms with Gasteiger partial charge in [-0.3, -0.25) is 14.5 Å². The van der Waals surface area contributed by atoms with E-state index in [2.05, 4.69) is 28.4 Å². The molecule has 0 bridgehead atoms. The van der Waals surface area contributed by atoms with Crippen molar-refractivity contribution in [1.82, 2.24) is 10.2 Å². The number of amides is 1. The van der Waals surface area contributed by atoms with E-state index in [4.69, 9.17) is 9.47 Å². The maximum atomic E-state index is 13.2. The van der Waals surface area contributed by atoms with Gasteiger partial charge in [0.15, 0.2) is 6.61 Å². The Balaban J connectivity index is 1.30. The van der Waals surface area contributed by atoms with E-state index in [0.29, 0.717) is 13.0 Å². The normalized spacial score (nSPS) is 18.2. The molecule has 0 aromatic heterocycles. The van der Waals surface area contributed by atoms with Gasteiger partial charge >= 0.3 is 5.97 Å². The van der Waals surface area contributed by atoms with Gasteiger partial charge in [-0.15, -0.1) is 0 Å². The van der Waals surface area contributed by atoms with Gasteiger partial charge in [-0.05, 0) is 36.0 Å². The number of morpholine rings is 1. The van der Waals surface area contributed by atoms with Gasteiger partial charge in [0.05, 0.1) is 18.6 Å². The fraction of sp³-hybridized carbons (Fsp3) is 0.500. The second kappa shape index (κ2) is 12.1. The summed E-state index contributed by atoms with van der Waals surface area (Å²) < 4.78 is 11.0. The smallest absolute Gasteiger partial charge is 0.312 e. The van der Waals surface area contributed by atoms with Gasteiger partial charge in [-0.2, -0.15) is 0 Å². The van der Waals surface area contributed by atoms with Gasteiger partial charge in [0.25, 0.3) is 5.91 Å². The Kier molecular flexibility index (Phi) is 8.72. The molecule has 1 N–H and O–H groups in total. The van der Waals surface area contributed by atoms with Gasteiger partial charge in [0.2, 0.25) is 0 Å². The van der Waals surface area contributed by atoms with Crippen molar-refractivity contribution < 1.29 is 19.1 Å². The van der Waals surface area contributed by atoms with Crippen LogP contribution in [0.25, 0.3) is 0 Å². The molecule has 1 saturated carbocycles. The van der Waals surface area contributed by atoms with Crippen molar-refractivity contribution in [3.63, 3.8) is 0 Å². The zero-order chi connectivity index (χ0) is 23.6. The van der Waals surface area contributed by atoms with Crippen LogP contribution in [0, 0.1) is 5.41 Å². The topological polar surface area (TPSA) is 67.9 Å². The van der Waals surface area contributed by atoms with Crippen LogP contribution in [0.15, 0.2) is 54.6 Å². The summed E-state index contributed by atoms with van der Waals surface area (Å²) in [5.74, 6) is -0.501. The summed E-state index contributed by atoms with van der Waals surface area (Å²) in [6.45, 7) is 4.38. The lowest BCUT2D eigenvalue weighted by molar-refractivity contribution is -0.161. The van der Waals surface area contributed by atoms with Crippen molar-refractivity contribution in [3.05, 3.63) is 71.3 Å².